The molecule has 1 aliphatic carbocycles. The first-order chi connectivity index (χ1) is 14.3. The number of carbonyl (C=O) groups excluding carboxylic acids is 1. The van der Waals surface area contributed by atoms with Crippen LogP contribution in [0.3, 0.4) is 0 Å². The first-order valence-electron chi connectivity index (χ1n) is 9.57. The van der Waals surface area contributed by atoms with Crippen molar-refractivity contribution in [3.8, 4) is 0 Å². The molecule has 2 heterocycles. The summed E-state index contributed by atoms with van der Waals surface area (Å²) in [6.45, 7) is 0. The number of alkyl halides is 3. The van der Waals surface area contributed by atoms with E-state index in [1.807, 2.05) is 0 Å². The number of para-hydroxylation sites is 1. The standard InChI is InChI=1S/C20H19F3N4O2S/c21-20(22,23)12-6-2-3-7-13(12)26-27-16(28)10-9-15-24-18(29)17-11-5-1-4-8-14(11)30-19(17)25-15/h2-3,6-7,26H,1,4-5,8-10H2,(H,27,28)(H,24,25,29). The van der Waals surface area contributed by atoms with Crippen LogP contribution in [0.25, 0.3) is 10.2 Å². The van der Waals surface area contributed by atoms with Crippen LogP contribution in [0.2, 0.25) is 0 Å². The highest BCUT2D eigenvalue weighted by molar-refractivity contribution is 7.18. The number of nitrogens with zero attached hydrogens (tertiary/aromatic N) is 1. The van der Waals surface area contributed by atoms with E-state index in [4.69, 9.17) is 0 Å². The summed E-state index contributed by atoms with van der Waals surface area (Å²) >= 11 is 1.52. The molecule has 158 valence electrons. The summed E-state index contributed by atoms with van der Waals surface area (Å²) in [5.74, 6) is -0.128. The van der Waals surface area contributed by atoms with Crippen molar-refractivity contribution in [1.29, 1.82) is 0 Å². The van der Waals surface area contributed by atoms with E-state index in [9.17, 15) is 22.8 Å². The Morgan fingerprint density at radius 3 is 2.77 bits per heavy atom. The average Bonchev–Trinajstić information content (AvgIpc) is 3.09. The van der Waals surface area contributed by atoms with Crippen molar-refractivity contribution in [3.05, 3.63) is 56.4 Å². The number of fused-ring (bicyclic) bond motifs is 3. The molecule has 0 fully saturated rings. The van der Waals surface area contributed by atoms with Gasteiger partial charge in [-0.3, -0.25) is 20.4 Å². The van der Waals surface area contributed by atoms with E-state index in [0.29, 0.717) is 16.0 Å². The molecule has 1 amide bonds. The number of anilines is 1. The number of hydrogen-bond donors (Lipinski definition) is 3. The molecule has 1 aromatic carbocycles. The van der Waals surface area contributed by atoms with Gasteiger partial charge in [-0.2, -0.15) is 13.2 Å². The molecule has 10 heteroatoms. The first-order valence-corrected chi connectivity index (χ1v) is 10.4. The van der Waals surface area contributed by atoms with Crippen molar-refractivity contribution in [3.63, 3.8) is 0 Å². The van der Waals surface area contributed by atoms with Gasteiger partial charge in [-0.1, -0.05) is 12.1 Å². The molecule has 0 saturated heterocycles. The topological polar surface area (TPSA) is 86.9 Å². The van der Waals surface area contributed by atoms with Crippen molar-refractivity contribution >= 4 is 33.1 Å². The molecule has 0 unspecified atom stereocenters. The van der Waals surface area contributed by atoms with Crippen molar-refractivity contribution in [2.75, 3.05) is 5.43 Å². The van der Waals surface area contributed by atoms with E-state index in [1.54, 1.807) is 0 Å². The Labute approximate surface area is 173 Å². The van der Waals surface area contributed by atoms with E-state index < -0.39 is 17.6 Å². The summed E-state index contributed by atoms with van der Waals surface area (Å²) in [7, 11) is 0. The quantitative estimate of drug-likeness (QED) is 0.529. The van der Waals surface area contributed by atoms with Crippen LogP contribution >= 0.6 is 11.3 Å². The summed E-state index contributed by atoms with van der Waals surface area (Å²) < 4.78 is 39.0. The Balaban J connectivity index is 1.41. The number of H-pyrrole nitrogens is 1. The highest BCUT2D eigenvalue weighted by atomic mass is 32.1. The van der Waals surface area contributed by atoms with E-state index in [0.717, 1.165) is 37.3 Å². The number of nitrogens with one attached hydrogen (secondary N) is 3. The van der Waals surface area contributed by atoms with Gasteiger partial charge in [0.15, 0.2) is 0 Å². The van der Waals surface area contributed by atoms with Gasteiger partial charge in [-0.15, -0.1) is 11.3 Å². The van der Waals surface area contributed by atoms with Crippen LogP contribution in [0.4, 0.5) is 18.9 Å². The molecular weight excluding hydrogens is 417 g/mol. The summed E-state index contributed by atoms with van der Waals surface area (Å²) in [5, 5.41) is 0.647. The molecule has 0 saturated carbocycles. The second-order valence-electron chi connectivity index (χ2n) is 7.12. The second kappa shape index (κ2) is 8.10. The molecule has 30 heavy (non-hydrogen) atoms. The molecule has 6 nitrogen and oxygen atoms in total. The molecular formula is C20H19F3N4O2S. The van der Waals surface area contributed by atoms with Crippen LogP contribution in [0.15, 0.2) is 29.1 Å². The first kappa shape index (κ1) is 20.4. The van der Waals surface area contributed by atoms with E-state index in [2.05, 4.69) is 20.8 Å². The van der Waals surface area contributed by atoms with Gasteiger partial charge in [0.2, 0.25) is 5.91 Å². The predicted molar refractivity (Wildman–Crippen MR) is 108 cm³/mol. The average molecular weight is 436 g/mol. The van der Waals surface area contributed by atoms with Gasteiger partial charge in [-0.25, -0.2) is 4.98 Å². The van der Waals surface area contributed by atoms with Gasteiger partial charge < -0.3 is 4.98 Å². The predicted octanol–water partition coefficient (Wildman–Crippen LogP) is 3.96. The van der Waals surface area contributed by atoms with E-state index >= 15 is 0 Å². The fraction of sp³-hybridized carbons (Fsp3) is 0.350. The third-order valence-electron chi connectivity index (χ3n) is 5.03. The molecule has 0 atom stereocenters. The number of aryl methyl sites for hydroxylation is 3. The summed E-state index contributed by atoms with van der Waals surface area (Å²) in [6, 6.07) is 4.87. The Hall–Kier alpha value is -2.88. The van der Waals surface area contributed by atoms with Crippen LogP contribution in [-0.2, 0) is 30.2 Å². The maximum absolute atomic E-state index is 13.0. The maximum atomic E-state index is 13.0. The second-order valence-corrected chi connectivity index (χ2v) is 8.20. The van der Waals surface area contributed by atoms with Crippen molar-refractivity contribution in [1.82, 2.24) is 15.4 Å². The zero-order valence-electron chi connectivity index (χ0n) is 15.9. The lowest BCUT2D eigenvalue weighted by molar-refractivity contribution is -0.137. The number of carbonyl (C=O) groups is 1. The van der Waals surface area contributed by atoms with Gasteiger partial charge in [0.1, 0.15) is 10.7 Å². The van der Waals surface area contributed by atoms with Crippen molar-refractivity contribution in [2.45, 2.75) is 44.7 Å². The largest absolute Gasteiger partial charge is 0.418 e. The molecule has 3 N–H and O–H groups in total. The molecule has 0 aliphatic heterocycles. The fourth-order valence-corrected chi connectivity index (χ4v) is 4.88. The van der Waals surface area contributed by atoms with Gasteiger partial charge in [0.05, 0.1) is 16.6 Å². The minimum absolute atomic E-state index is 0.0410. The number of aromatic amines is 1. The fourth-order valence-electron chi connectivity index (χ4n) is 3.60. The lowest BCUT2D eigenvalue weighted by Crippen LogP contribution is -2.31. The lowest BCUT2D eigenvalue weighted by Gasteiger charge is -2.14. The van der Waals surface area contributed by atoms with Crippen LogP contribution in [0, 0.1) is 0 Å². The number of amides is 1. The van der Waals surface area contributed by atoms with Crippen LogP contribution < -0.4 is 16.4 Å². The third kappa shape index (κ3) is 4.18. The van der Waals surface area contributed by atoms with Gasteiger partial charge >= 0.3 is 6.18 Å². The molecule has 0 radical (unpaired) electrons. The van der Waals surface area contributed by atoms with Gasteiger partial charge in [0.25, 0.3) is 5.56 Å². The minimum atomic E-state index is -4.53. The summed E-state index contributed by atoms with van der Waals surface area (Å²) in [4.78, 5) is 33.7. The SMILES string of the molecule is O=C(CCc1nc2sc3c(c2c(=O)[nH]1)CCCC3)NNc1ccccc1C(F)(F)F. The van der Waals surface area contributed by atoms with Crippen LogP contribution in [-0.4, -0.2) is 15.9 Å². The Kier molecular flexibility index (Phi) is 5.50. The van der Waals surface area contributed by atoms with Crippen LogP contribution in [0.5, 0.6) is 0 Å². The highest BCUT2D eigenvalue weighted by Gasteiger charge is 2.33. The smallest absolute Gasteiger partial charge is 0.310 e. The zero-order chi connectivity index (χ0) is 21.3. The monoisotopic (exact) mass is 436 g/mol. The summed E-state index contributed by atoms with van der Waals surface area (Å²) in [5.41, 5.74) is 4.36. The molecule has 1 aliphatic rings. The number of halogens is 3. The van der Waals surface area contributed by atoms with Gasteiger partial charge in [-0.05, 0) is 43.4 Å². The highest BCUT2D eigenvalue weighted by Crippen LogP contribution is 2.34. The van der Waals surface area contributed by atoms with Gasteiger partial charge in [0, 0.05) is 17.7 Å². The Morgan fingerprint density at radius 1 is 1.20 bits per heavy atom. The van der Waals surface area contributed by atoms with Crippen LogP contribution in [0.1, 0.15) is 41.1 Å². The van der Waals surface area contributed by atoms with E-state index in [-0.39, 0.29) is 24.1 Å². The molecule has 0 bridgehead atoms. The number of thiophene rings is 1. The zero-order valence-corrected chi connectivity index (χ0v) is 16.7. The van der Waals surface area contributed by atoms with Crippen molar-refractivity contribution < 1.29 is 18.0 Å². The third-order valence-corrected chi connectivity index (χ3v) is 6.22. The van der Waals surface area contributed by atoms with E-state index in [1.165, 1.54) is 34.4 Å². The Morgan fingerprint density at radius 2 is 1.97 bits per heavy atom. The molecule has 0 spiro atoms. The number of benzene rings is 1. The molecule has 2 aromatic heterocycles. The van der Waals surface area contributed by atoms with Crippen molar-refractivity contribution in [2.24, 2.45) is 0 Å². The number of hydrogen-bond acceptors (Lipinski definition) is 5. The number of rotatable bonds is 5. The molecule has 3 aromatic rings. The summed E-state index contributed by atoms with van der Waals surface area (Å²) in [6.07, 6.45) is -0.401. The number of aromatic nitrogens is 2. The lowest BCUT2D eigenvalue weighted by atomic mass is 9.97. The normalized spacial score (nSPS) is 13.8. The molecule has 4 rings (SSSR count). The minimum Gasteiger partial charge on any atom is -0.310 e. The number of hydrazine groups is 1. The Bertz CT molecular complexity index is 1150. The maximum Gasteiger partial charge on any atom is 0.418 e.